The molecule has 3 nitrogen and oxygen atoms in total. The molecule has 0 aromatic heterocycles. The van der Waals surface area contributed by atoms with E-state index in [1.165, 1.54) is 11.1 Å². The van der Waals surface area contributed by atoms with Gasteiger partial charge < -0.3 is 15.0 Å². The maximum absolute atomic E-state index is 5.36. The highest BCUT2D eigenvalue weighted by atomic mass is 16.5. The minimum Gasteiger partial charge on any atom is -0.496 e. The first-order valence-corrected chi connectivity index (χ1v) is 6.11. The number of hydrogen-bond acceptors (Lipinski definition) is 3. The van der Waals surface area contributed by atoms with Crippen LogP contribution in [-0.2, 0) is 6.42 Å². The molecular formula is C14H24N2O. The highest BCUT2D eigenvalue weighted by Crippen LogP contribution is 2.25. The van der Waals surface area contributed by atoms with Gasteiger partial charge in [-0.05, 0) is 44.8 Å². The van der Waals surface area contributed by atoms with Gasteiger partial charge in [-0.25, -0.2) is 0 Å². The first-order chi connectivity index (χ1) is 8.13. The van der Waals surface area contributed by atoms with Gasteiger partial charge in [0.05, 0.1) is 7.11 Å². The second kappa shape index (κ2) is 6.62. The number of methoxy groups -OCH3 is 1. The summed E-state index contributed by atoms with van der Waals surface area (Å²) in [6.45, 7) is 3.10. The van der Waals surface area contributed by atoms with Gasteiger partial charge in [0.1, 0.15) is 5.75 Å². The van der Waals surface area contributed by atoms with Crippen LogP contribution in [0.5, 0.6) is 5.75 Å². The van der Waals surface area contributed by atoms with Crippen LogP contribution in [0.25, 0.3) is 0 Å². The molecule has 3 heteroatoms. The maximum Gasteiger partial charge on any atom is 0.122 e. The van der Waals surface area contributed by atoms with Crippen molar-refractivity contribution < 1.29 is 4.74 Å². The van der Waals surface area contributed by atoms with Gasteiger partial charge in [0.15, 0.2) is 0 Å². The Kier molecular flexibility index (Phi) is 5.45. The Balaban J connectivity index is 3.03. The highest BCUT2D eigenvalue weighted by molar-refractivity contribution is 5.38. The maximum atomic E-state index is 5.36. The topological polar surface area (TPSA) is 24.5 Å². The number of benzene rings is 1. The molecule has 1 N–H and O–H groups in total. The van der Waals surface area contributed by atoms with Crippen molar-refractivity contribution >= 4 is 0 Å². The molecule has 0 fully saturated rings. The lowest BCUT2D eigenvalue weighted by Gasteiger charge is -2.25. The Morgan fingerprint density at radius 3 is 2.53 bits per heavy atom. The van der Waals surface area contributed by atoms with Crippen molar-refractivity contribution in [3.8, 4) is 5.75 Å². The molecule has 0 saturated heterocycles. The van der Waals surface area contributed by atoms with E-state index in [0.29, 0.717) is 6.04 Å². The van der Waals surface area contributed by atoms with Crippen LogP contribution in [-0.4, -0.2) is 39.7 Å². The summed E-state index contributed by atoms with van der Waals surface area (Å²) in [6, 6.07) is 6.87. The molecule has 1 rings (SSSR count). The number of nitrogens with one attached hydrogen (secondary N) is 1. The molecule has 0 amide bonds. The fourth-order valence-electron chi connectivity index (χ4n) is 2.07. The van der Waals surface area contributed by atoms with Crippen molar-refractivity contribution in [3.05, 3.63) is 29.3 Å². The largest absolute Gasteiger partial charge is 0.496 e. The molecule has 0 aliphatic rings. The monoisotopic (exact) mass is 236 g/mol. The Hall–Kier alpha value is -1.06. The molecule has 0 aliphatic heterocycles. The van der Waals surface area contributed by atoms with Crippen LogP contribution < -0.4 is 10.1 Å². The lowest BCUT2D eigenvalue weighted by Crippen LogP contribution is -2.29. The van der Waals surface area contributed by atoms with Crippen molar-refractivity contribution in [2.24, 2.45) is 0 Å². The molecule has 0 spiro atoms. The van der Waals surface area contributed by atoms with Crippen LogP contribution in [0.3, 0.4) is 0 Å². The fraction of sp³-hybridized carbons (Fsp3) is 0.571. The molecule has 0 radical (unpaired) electrons. The van der Waals surface area contributed by atoms with Crippen LogP contribution in [0.1, 0.15) is 24.1 Å². The molecule has 0 heterocycles. The summed E-state index contributed by atoms with van der Waals surface area (Å²) in [5.74, 6) is 0.984. The predicted molar refractivity (Wildman–Crippen MR) is 72.7 cm³/mol. The Morgan fingerprint density at radius 1 is 1.35 bits per heavy atom. The summed E-state index contributed by atoms with van der Waals surface area (Å²) >= 11 is 0. The lowest BCUT2D eigenvalue weighted by molar-refractivity contribution is 0.293. The zero-order valence-electron chi connectivity index (χ0n) is 11.6. The molecule has 17 heavy (non-hydrogen) atoms. The van der Waals surface area contributed by atoms with E-state index in [4.69, 9.17) is 4.74 Å². The van der Waals surface area contributed by atoms with Crippen molar-refractivity contribution in [1.29, 1.82) is 0 Å². The standard InChI is InChI=1S/C14H24N2O/c1-6-11-9-12(7-8-14(11)17-5)13(10-15-2)16(3)4/h7-9,13,15H,6,10H2,1-5H3. The second-order valence-corrected chi connectivity index (χ2v) is 4.46. The minimum absolute atomic E-state index is 0.399. The second-order valence-electron chi connectivity index (χ2n) is 4.46. The fourth-order valence-corrected chi connectivity index (χ4v) is 2.07. The third-order valence-corrected chi connectivity index (χ3v) is 3.09. The number of aryl methyl sites for hydroxylation is 1. The summed E-state index contributed by atoms with van der Waals surface area (Å²) in [5.41, 5.74) is 2.61. The molecule has 0 aliphatic carbocycles. The third kappa shape index (κ3) is 3.45. The van der Waals surface area contributed by atoms with E-state index in [1.807, 2.05) is 7.05 Å². The van der Waals surface area contributed by atoms with Crippen molar-refractivity contribution in [3.63, 3.8) is 0 Å². The number of nitrogens with zero attached hydrogens (tertiary/aromatic N) is 1. The summed E-state index contributed by atoms with van der Waals surface area (Å²) in [5, 5.41) is 3.24. The number of rotatable bonds is 6. The van der Waals surface area contributed by atoms with Gasteiger partial charge in [0.2, 0.25) is 0 Å². The molecule has 0 bridgehead atoms. The van der Waals surface area contributed by atoms with E-state index < -0.39 is 0 Å². The Morgan fingerprint density at radius 2 is 2.06 bits per heavy atom. The van der Waals surface area contributed by atoms with Gasteiger partial charge in [-0.2, -0.15) is 0 Å². The molecule has 1 aromatic carbocycles. The summed E-state index contributed by atoms with van der Waals surface area (Å²) in [4.78, 5) is 2.23. The van der Waals surface area contributed by atoms with E-state index in [2.05, 4.69) is 49.4 Å². The van der Waals surface area contributed by atoms with Gasteiger partial charge in [-0.3, -0.25) is 0 Å². The summed E-state index contributed by atoms with van der Waals surface area (Å²) in [6.07, 6.45) is 0.997. The average Bonchev–Trinajstić information content (AvgIpc) is 2.34. The summed E-state index contributed by atoms with van der Waals surface area (Å²) < 4.78 is 5.36. The van der Waals surface area contributed by atoms with Gasteiger partial charge in [-0.1, -0.05) is 19.1 Å². The summed E-state index contributed by atoms with van der Waals surface area (Å²) in [7, 11) is 7.93. The van der Waals surface area contributed by atoms with Crippen LogP contribution in [0.15, 0.2) is 18.2 Å². The third-order valence-electron chi connectivity index (χ3n) is 3.09. The van der Waals surface area contributed by atoms with Crippen LogP contribution in [0, 0.1) is 0 Å². The normalized spacial score (nSPS) is 12.8. The van der Waals surface area contributed by atoms with Gasteiger partial charge in [0, 0.05) is 12.6 Å². The first kappa shape index (κ1) is 14.0. The quantitative estimate of drug-likeness (QED) is 0.818. The first-order valence-electron chi connectivity index (χ1n) is 6.11. The molecule has 1 atom stereocenters. The molecule has 96 valence electrons. The molecule has 1 unspecified atom stereocenters. The van der Waals surface area contributed by atoms with E-state index in [-0.39, 0.29) is 0 Å². The number of likely N-dealkylation sites (N-methyl/N-ethyl adjacent to an activating group) is 2. The number of ether oxygens (including phenoxy) is 1. The smallest absolute Gasteiger partial charge is 0.122 e. The van der Waals surface area contributed by atoms with E-state index >= 15 is 0 Å². The Bertz CT molecular complexity index is 350. The van der Waals surface area contributed by atoms with E-state index in [9.17, 15) is 0 Å². The van der Waals surface area contributed by atoms with Crippen LogP contribution in [0.2, 0.25) is 0 Å². The highest BCUT2D eigenvalue weighted by Gasteiger charge is 2.14. The predicted octanol–water partition coefficient (Wildman–Crippen LogP) is 2.08. The SMILES string of the molecule is CCc1cc(C(CNC)N(C)C)ccc1OC. The molecular weight excluding hydrogens is 212 g/mol. The van der Waals surface area contributed by atoms with E-state index in [0.717, 1.165) is 18.7 Å². The van der Waals surface area contributed by atoms with Gasteiger partial charge in [0.25, 0.3) is 0 Å². The Labute approximate surface area is 105 Å². The average molecular weight is 236 g/mol. The van der Waals surface area contributed by atoms with Gasteiger partial charge >= 0.3 is 0 Å². The zero-order chi connectivity index (χ0) is 12.8. The van der Waals surface area contributed by atoms with E-state index in [1.54, 1.807) is 7.11 Å². The van der Waals surface area contributed by atoms with Crippen molar-refractivity contribution in [2.45, 2.75) is 19.4 Å². The van der Waals surface area contributed by atoms with Gasteiger partial charge in [-0.15, -0.1) is 0 Å². The van der Waals surface area contributed by atoms with Crippen LogP contribution >= 0.6 is 0 Å². The van der Waals surface area contributed by atoms with Crippen LogP contribution in [0.4, 0.5) is 0 Å². The van der Waals surface area contributed by atoms with Crippen molar-refractivity contribution in [1.82, 2.24) is 10.2 Å². The number of hydrogen-bond donors (Lipinski definition) is 1. The van der Waals surface area contributed by atoms with Crippen molar-refractivity contribution in [2.75, 3.05) is 34.8 Å². The zero-order valence-corrected chi connectivity index (χ0v) is 11.6. The minimum atomic E-state index is 0.399. The lowest BCUT2D eigenvalue weighted by atomic mass is 10.0. The molecule has 1 aromatic rings. The molecule has 0 saturated carbocycles.